The van der Waals surface area contributed by atoms with E-state index in [-0.39, 0.29) is 0 Å². The molecule has 0 aliphatic heterocycles. The third-order valence-corrected chi connectivity index (χ3v) is 1.94. The molecule has 0 fully saturated rings. The van der Waals surface area contributed by atoms with Gasteiger partial charge < -0.3 is 4.90 Å². The minimum Gasteiger partial charge on any atom is -0.309 e. The molecule has 0 aromatic heterocycles. The molecule has 0 aromatic carbocycles. The van der Waals surface area contributed by atoms with E-state index in [0.29, 0.717) is 6.54 Å². The molecule has 0 unspecified atom stereocenters. The van der Waals surface area contributed by atoms with Crippen LogP contribution in [0.5, 0.6) is 0 Å². The molecule has 12 heavy (non-hydrogen) atoms. The number of nitrogens with two attached hydrogens (primary N) is 1. The summed E-state index contributed by atoms with van der Waals surface area (Å²) in [4.78, 5) is 2.05. The topological polar surface area (TPSA) is 75.4 Å². The second kappa shape index (κ2) is 5.47. The molecule has 0 saturated heterocycles. The van der Waals surface area contributed by atoms with Crippen LogP contribution in [0.1, 0.15) is 12.8 Å². The monoisotopic (exact) mass is 195 g/mol. The van der Waals surface area contributed by atoms with Crippen LogP contribution in [-0.4, -0.2) is 40.5 Å². The molecule has 5 nitrogen and oxygen atoms in total. The normalized spacial score (nSPS) is 12.3. The SMILES string of the molecule is CN(C)CCCCNS(N)(=O)=O. The van der Waals surface area contributed by atoms with E-state index < -0.39 is 10.2 Å². The molecule has 0 rings (SSSR count). The Balaban J connectivity index is 3.23. The molecule has 74 valence electrons. The van der Waals surface area contributed by atoms with Gasteiger partial charge in [-0.1, -0.05) is 0 Å². The van der Waals surface area contributed by atoms with E-state index in [9.17, 15) is 8.42 Å². The predicted molar refractivity (Wildman–Crippen MR) is 48.9 cm³/mol. The standard InChI is InChI=1S/C6H17N3O2S/c1-9(2)6-4-3-5-8-12(7,10)11/h8H,3-6H2,1-2H3,(H2,7,10,11). The lowest BCUT2D eigenvalue weighted by atomic mass is 10.3. The molecule has 6 heteroatoms. The molecular formula is C6H17N3O2S. The number of hydrogen-bond acceptors (Lipinski definition) is 3. The number of hydrogen-bond donors (Lipinski definition) is 2. The van der Waals surface area contributed by atoms with Crippen molar-refractivity contribution in [3.63, 3.8) is 0 Å². The van der Waals surface area contributed by atoms with Gasteiger partial charge in [-0.3, -0.25) is 0 Å². The molecule has 0 aliphatic carbocycles. The van der Waals surface area contributed by atoms with Crippen molar-refractivity contribution in [1.82, 2.24) is 9.62 Å². The minimum atomic E-state index is -3.49. The van der Waals surface area contributed by atoms with Gasteiger partial charge in [-0.05, 0) is 33.5 Å². The maximum Gasteiger partial charge on any atom is 0.274 e. The fraction of sp³-hybridized carbons (Fsp3) is 1.00. The highest BCUT2D eigenvalue weighted by Crippen LogP contribution is 1.88. The average Bonchev–Trinajstić information content (AvgIpc) is 1.83. The zero-order chi connectivity index (χ0) is 9.61. The van der Waals surface area contributed by atoms with Crippen LogP contribution in [0.2, 0.25) is 0 Å². The Labute approximate surface area is 74.1 Å². The molecule has 0 spiro atoms. The first kappa shape index (κ1) is 11.8. The number of nitrogens with one attached hydrogen (secondary N) is 1. The van der Waals surface area contributed by atoms with Gasteiger partial charge in [-0.15, -0.1) is 0 Å². The fourth-order valence-corrected chi connectivity index (χ4v) is 1.20. The number of unbranched alkanes of at least 4 members (excludes halogenated alkanes) is 1. The quantitative estimate of drug-likeness (QED) is 0.540. The third kappa shape index (κ3) is 9.83. The van der Waals surface area contributed by atoms with Crippen molar-refractivity contribution in [2.75, 3.05) is 27.2 Å². The Bertz CT molecular complexity index is 201. The van der Waals surface area contributed by atoms with Gasteiger partial charge in [0.05, 0.1) is 0 Å². The molecule has 0 atom stereocenters. The zero-order valence-corrected chi connectivity index (χ0v) is 8.39. The van der Waals surface area contributed by atoms with Gasteiger partial charge in [-0.2, -0.15) is 8.42 Å². The van der Waals surface area contributed by atoms with Crippen molar-refractivity contribution in [3.05, 3.63) is 0 Å². The highest BCUT2D eigenvalue weighted by molar-refractivity contribution is 7.87. The van der Waals surface area contributed by atoms with Gasteiger partial charge in [0.2, 0.25) is 0 Å². The molecule has 0 heterocycles. The van der Waals surface area contributed by atoms with Gasteiger partial charge in [0.1, 0.15) is 0 Å². The van der Waals surface area contributed by atoms with Gasteiger partial charge in [0, 0.05) is 6.54 Å². The van der Waals surface area contributed by atoms with E-state index in [2.05, 4.69) is 9.62 Å². The van der Waals surface area contributed by atoms with Crippen LogP contribution < -0.4 is 9.86 Å². The van der Waals surface area contributed by atoms with Crippen LogP contribution in [-0.2, 0) is 10.2 Å². The summed E-state index contributed by atoms with van der Waals surface area (Å²) in [5.41, 5.74) is 0. The van der Waals surface area contributed by atoms with E-state index in [1.807, 2.05) is 14.1 Å². The Morgan fingerprint density at radius 3 is 2.33 bits per heavy atom. The molecule has 0 saturated carbocycles. The molecule has 0 aromatic rings. The molecule has 0 amide bonds. The first-order valence-electron chi connectivity index (χ1n) is 3.84. The van der Waals surface area contributed by atoms with Crippen LogP contribution >= 0.6 is 0 Å². The summed E-state index contributed by atoms with van der Waals surface area (Å²) in [5, 5.41) is 4.73. The Morgan fingerprint density at radius 2 is 1.92 bits per heavy atom. The van der Waals surface area contributed by atoms with Gasteiger partial charge >= 0.3 is 0 Å². The summed E-state index contributed by atoms with van der Waals surface area (Å²) in [6, 6.07) is 0. The lowest BCUT2D eigenvalue weighted by molar-refractivity contribution is 0.394. The maximum atomic E-state index is 10.4. The summed E-state index contributed by atoms with van der Waals surface area (Å²) in [5.74, 6) is 0. The fourth-order valence-electron chi connectivity index (χ4n) is 0.767. The van der Waals surface area contributed by atoms with E-state index in [4.69, 9.17) is 5.14 Å². The van der Waals surface area contributed by atoms with Crippen molar-refractivity contribution in [1.29, 1.82) is 0 Å². The average molecular weight is 195 g/mol. The van der Waals surface area contributed by atoms with E-state index >= 15 is 0 Å². The van der Waals surface area contributed by atoms with Crippen molar-refractivity contribution < 1.29 is 8.42 Å². The second-order valence-electron chi connectivity index (χ2n) is 2.95. The third-order valence-electron chi connectivity index (χ3n) is 1.34. The van der Waals surface area contributed by atoms with Crippen LogP contribution in [0, 0.1) is 0 Å². The summed E-state index contributed by atoms with van der Waals surface area (Å²) in [7, 11) is 0.470. The summed E-state index contributed by atoms with van der Waals surface area (Å²) < 4.78 is 23.0. The molecular weight excluding hydrogens is 178 g/mol. The van der Waals surface area contributed by atoms with Crippen LogP contribution in [0.3, 0.4) is 0 Å². The summed E-state index contributed by atoms with van der Waals surface area (Å²) in [6.07, 6.45) is 1.78. The van der Waals surface area contributed by atoms with Crippen LogP contribution in [0.25, 0.3) is 0 Å². The highest BCUT2D eigenvalue weighted by Gasteiger charge is 1.98. The highest BCUT2D eigenvalue weighted by atomic mass is 32.2. The van der Waals surface area contributed by atoms with Crippen molar-refractivity contribution in [2.24, 2.45) is 5.14 Å². The van der Waals surface area contributed by atoms with E-state index in [1.54, 1.807) is 0 Å². The first-order chi connectivity index (χ1) is 5.42. The number of nitrogens with zero attached hydrogens (tertiary/aromatic N) is 1. The smallest absolute Gasteiger partial charge is 0.274 e. The summed E-state index contributed by atoms with van der Waals surface area (Å²) in [6.45, 7) is 1.39. The Kier molecular flexibility index (Phi) is 5.39. The zero-order valence-electron chi connectivity index (χ0n) is 7.58. The number of rotatable bonds is 6. The van der Waals surface area contributed by atoms with Crippen molar-refractivity contribution >= 4 is 10.2 Å². The maximum absolute atomic E-state index is 10.4. The van der Waals surface area contributed by atoms with Gasteiger partial charge in [0.25, 0.3) is 10.2 Å². The molecule has 0 bridgehead atoms. The largest absolute Gasteiger partial charge is 0.309 e. The Hall–Kier alpha value is -0.170. The minimum absolute atomic E-state index is 0.423. The Morgan fingerprint density at radius 1 is 1.33 bits per heavy atom. The first-order valence-corrected chi connectivity index (χ1v) is 5.38. The van der Waals surface area contributed by atoms with E-state index in [0.717, 1.165) is 19.4 Å². The van der Waals surface area contributed by atoms with E-state index in [1.165, 1.54) is 0 Å². The lowest BCUT2D eigenvalue weighted by Crippen LogP contribution is -2.31. The molecule has 0 radical (unpaired) electrons. The predicted octanol–water partition coefficient (Wildman–Crippen LogP) is -0.879. The lowest BCUT2D eigenvalue weighted by Gasteiger charge is -2.08. The van der Waals surface area contributed by atoms with Gasteiger partial charge in [0.15, 0.2) is 0 Å². The van der Waals surface area contributed by atoms with Crippen LogP contribution in [0.4, 0.5) is 0 Å². The molecule has 3 N–H and O–H groups in total. The van der Waals surface area contributed by atoms with Crippen molar-refractivity contribution in [2.45, 2.75) is 12.8 Å². The summed E-state index contributed by atoms with van der Waals surface area (Å²) >= 11 is 0. The molecule has 0 aliphatic rings. The van der Waals surface area contributed by atoms with Crippen molar-refractivity contribution in [3.8, 4) is 0 Å². The van der Waals surface area contributed by atoms with Gasteiger partial charge in [-0.25, -0.2) is 9.86 Å². The second-order valence-corrected chi connectivity index (χ2v) is 4.33. The van der Waals surface area contributed by atoms with Crippen LogP contribution in [0.15, 0.2) is 0 Å².